The van der Waals surface area contributed by atoms with E-state index in [-0.39, 0.29) is 11.9 Å². The normalized spacial score (nSPS) is 16.7. The van der Waals surface area contributed by atoms with Crippen molar-refractivity contribution in [3.05, 3.63) is 82.3 Å². The first-order valence-electron chi connectivity index (χ1n) is 9.04. The second-order valence-electron chi connectivity index (χ2n) is 6.79. The Morgan fingerprint density at radius 1 is 1.30 bits per heavy atom. The highest BCUT2D eigenvalue weighted by Crippen LogP contribution is 2.33. The SMILES string of the molecule is Cc1cccc(C(=O)N2CCC[C@H]2c2ncc(Cc3cccc(Cl)c3)o2)n1. The number of amides is 1. The zero-order valence-electron chi connectivity index (χ0n) is 15.1. The lowest BCUT2D eigenvalue weighted by Crippen LogP contribution is -2.31. The van der Waals surface area contributed by atoms with Gasteiger partial charge in [0.2, 0.25) is 5.89 Å². The summed E-state index contributed by atoms with van der Waals surface area (Å²) in [5.41, 5.74) is 2.36. The van der Waals surface area contributed by atoms with E-state index < -0.39 is 0 Å². The average molecular weight is 382 g/mol. The van der Waals surface area contributed by atoms with Crippen LogP contribution in [0.2, 0.25) is 5.02 Å². The Labute approximate surface area is 163 Å². The lowest BCUT2D eigenvalue weighted by molar-refractivity contribution is 0.0708. The molecule has 3 aromatic rings. The van der Waals surface area contributed by atoms with Crippen molar-refractivity contribution >= 4 is 17.5 Å². The van der Waals surface area contributed by atoms with Crippen LogP contribution in [0.3, 0.4) is 0 Å². The zero-order chi connectivity index (χ0) is 18.8. The first-order valence-corrected chi connectivity index (χ1v) is 9.41. The van der Waals surface area contributed by atoms with Crippen molar-refractivity contribution in [1.29, 1.82) is 0 Å². The molecule has 3 heterocycles. The number of oxazole rings is 1. The van der Waals surface area contributed by atoms with Crippen molar-refractivity contribution in [2.45, 2.75) is 32.2 Å². The van der Waals surface area contributed by atoms with E-state index in [1.165, 1.54) is 0 Å². The highest BCUT2D eigenvalue weighted by atomic mass is 35.5. The van der Waals surface area contributed by atoms with Gasteiger partial charge < -0.3 is 9.32 Å². The summed E-state index contributed by atoms with van der Waals surface area (Å²) < 4.78 is 5.98. The first-order chi connectivity index (χ1) is 13.1. The van der Waals surface area contributed by atoms with Gasteiger partial charge in [-0.1, -0.05) is 29.8 Å². The molecule has 1 amide bonds. The molecule has 1 atom stereocenters. The molecule has 138 valence electrons. The topological polar surface area (TPSA) is 59.2 Å². The number of aromatic nitrogens is 2. The maximum absolute atomic E-state index is 12.9. The van der Waals surface area contributed by atoms with Crippen molar-refractivity contribution in [2.24, 2.45) is 0 Å². The molecule has 0 radical (unpaired) electrons. The van der Waals surface area contributed by atoms with Gasteiger partial charge in [0, 0.05) is 23.7 Å². The van der Waals surface area contributed by atoms with Crippen LogP contribution in [0, 0.1) is 6.92 Å². The number of likely N-dealkylation sites (tertiary alicyclic amines) is 1. The highest BCUT2D eigenvalue weighted by molar-refractivity contribution is 6.30. The Morgan fingerprint density at radius 2 is 2.15 bits per heavy atom. The maximum atomic E-state index is 12.9. The van der Waals surface area contributed by atoms with Gasteiger partial charge in [0.05, 0.1) is 6.20 Å². The highest BCUT2D eigenvalue weighted by Gasteiger charge is 2.34. The third-order valence-electron chi connectivity index (χ3n) is 4.74. The summed E-state index contributed by atoms with van der Waals surface area (Å²) in [5, 5.41) is 0.699. The Balaban J connectivity index is 1.52. The van der Waals surface area contributed by atoms with Gasteiger partial charge in [-0.2, -0.15) is 0 Å². The number of carbonyl (C=O) groups is 1. The summed E-state index contributed by atoms with van der Waals surface area (Å²) in [7, 11) is 0. The van der Waals surface area contributed by atoms with Crippen LogP contribution in [0.5, 0.6) is 0 Å². The van der Waals surface area contributed by atoms with Crippen molar-refractivity contribution in [1.82, 2.24) is 14.9 Å². The molecule has 2 aromatic heterocycles. The van der Waals surface area contributed by atoms with Gasteiger partial charge in [-0.3, -0.25) is 4.79 Å². The van der Waals surface area contributed by atoms with Gasteiger partial charge in [-0.15, -0.1) is 0 Å². The van der Waals surface area contributed by atoms with Crippen LogP contribution in [0.4, 0.5) is 0 Å². The van der Waals surface area contributed by atoms with E-state index in [4.69, 9.17) is 16.0 Å². The molecule has 4 rings (SSSR count). The summed E-state index contributed by atoms with van der Waals surface area (Å²) in [5.74, 6) is 1.28. The van der Waals surface area contributed by atoms with Gasteiger partial charge >= 0.3 is 0 Å². The Morgan fingerprint density at radius 3 is 2.96 bits per heavy atom. The Kier molecular flexibility index (Phi) is 4.94. The number of aryl methyl sites for hydroxylation is 1. The van der Waals surface area contributed by atoms with Crippen molar-refractivity contribution in [3.63, 3.8) is 0 Å². The van der Waals surface area contributed by atoms with E-state index in [9.17, 15) is 4.79 Å². The summed E-state index contributed by atoms with van der Waals surface area (Å²) in [6, 6.07) is 13.0. The quantitative estimate of drug-likeness (QED) is 0.662. The number of carbonyl (C=O) groups excluding carboxylic acids is 1. The van der Waals surface area contributed by atoms with Gasteiger partial charge in [-0.25, -0.2) is 9.97 Å². The number of halogens is 1. The monoisotopic (exact) mass is 381 g/mol. The van der Waals surface area contributed by atoms with Crippen molar-refractivity contribution in [3.8, 4) is 0 Å². The molecule has 1 aliphatic rings. The molecule has 0 saturated carbocycles. The molecule has 0 spiro atoms. The number of pyridine rings is 1. The van der Waals surface area contributed by atoms with Gasteiger partial charge in [0.1, 0.15) is 17.5 Å². The molecule has 1 fully saturated rings. The van der Waals surface area contributed by atoms with Crippen LogP contribution in [-0.2, 0) is 6.42 Å². The molecule has 0 unspecified atom stereocenters. The lowest BCUT2D eigenvalue weighted by atomic mass is 10.1. The molecule has 0 aliphatic carbocycles. The van der Waals surface area contributed by atoms with E-state index in [1.807, 2.05) is 48.2 Å². The predicted octanol–water partition coefficient (Wildman–Crippen LogP) is 4.60. The van der Waals surface area contributed by atoms with Crippen LogP contribution < -0.4 is 0 Å². The zero-order valence-corrected chi connectivity index (χ0v) is 15.8. The maximum Gasteiger partial charge on any atom is 0.273 e. The van der Waals surface area contributed by atoms with Gasteiger partial charge in [0.15, 0.2) is 0 Å². The fourth-order valence-electron chi connectivity index (χ4n) is 3.48. The second kappa shape index (κ2) is 7.53. The summed E-state index contributed by atoms with van der Waals surface area (Å²) >= 11 is 6.05. The lowest BCUT2D eigenvalue weighted by Gasteiger charge is -2.22. The van der Waals surface area contributed by atoms with Crippen LogP contribution >= 0.6 is 11.6 Å². The molecule has 1 saturated heterocycles. The Bertz CT molecular complexity index is 969. The molecule has 1 aliphatic heterocycles. The predicted molar refractivity (Wildman–Crippen MR) is 103 cm³/mol. The standard InChI is InChI=1S/C21H20ClN3O2/c1-14-5-2-8-18(24-14)21(26)25-10-4-9-19(25)20-23-13-17(27-20)12-15-6-3-7-16(22)11-15/h2-3,5-8,11,13,19H,4,9-10,12H2,1H3/t19-/m0/s1. The molecule has 27 heavy (non-hydrogen) atoms. The molecule has 0 N–H and O–H groups in total. The molecule has 5 nitrogen and oxygen atoms in total. The van der Waals surface area contributed by atoms with E-state index in [0.29, 0.717) is 29.6 Å². The van der Waals surface area contributed by atoms with Crippen molar-refractivity contribution < 1.29 is 9.21 Å². The third-order valence-corrected chi connectivity index (χ3v) is 4.98. The van der Waals surface area contributed by atoms with E-state index in [0.717, 1.165) is 29.9 Å². The minimum absolute atomic E-state index is 0.0733. The van der Waals surface area contributed by atoms with Crippen LogP contribution in [-0.4, -0.2) is 27.3 Å². The molecular formula is C21H20ClN3O2. The second-order valence-corrected chi connectivity index (χ2v) is 7.23. The van der Waals surface area contributed by atoms with E-state index in [1.54, 1.807) is 12.3 Å². The molecule has 1 aromatic carbocycles. The molecule has 0 bridgehead atoms. The molecule has 6 heteroatoms. The van der Waals surface area contributed by atoms with E-state index in [2.05, 4.69) is 9.97 Å². The van der Waals surface area contributed by atoms with Crippen LogP contribution in [0.1, 0.15) is 52.3 Å². The minimum atomic E-state index is -0.145. The van der Waals surface area contributed by atoms with Crippen LogP contribution in [0.25, 0.3) is 0 Å². The number of benzene rings is 1. The number of nitrogens with zero attached hydrogens (tertiary/aromatic N) is 3. The van der Waals surface area contributed by atoms with Gasteiger partial charge in [0.25, 0.3) is 5.91 Å². The fraction of sp³-hybridized carbons (Fsp3) is 0.286. The summed E-state index contributed by atoms with van der Waals surface area (Å²) in [6.07, 6.45) is 4.12. The third kappa shape index (κ3) is 3.88. The van der Waals surface area contributed by atoms with Crippen molar-refractivity contribution in [2.75, 3.05) is 6.54 Å². The smallest absolute Gasteiger partial charge is 0.273 e. The summed E-state index contributed by atoms with van der Waals surface area (Å²) in [4.78, 5) is 23.5. The van der Waals surface area contributed by atoms with Gasteiger partial charge in [-0.05, 0) is 49.6 Å². The van der Waals surface area contributed by atoms with Crippen LogP contribution in [0.15, 0.2) is 53.1 Å². The number of hydrogen-bond acceptors (Lipinski definition) is 4. The van der Waals surface area contributed by atoms with E-state index >= 15 is 0 Å². The Hall–Kier alpha value is -2.66. The average Bonchev–Trinajstić information content (AvgIpc) is 3.30. The number of rotatable bonds is 4. The molecular weight excluding hydrogens is 362 g/mol. The number of hydrogen-bond donors (Lipinski definition) is 0. The minimum Gasteiger partial charge on any atom is -0.443 e. The first kappa shape index (κ1) is 17.7. The largest absolute Gasteiger partial charge is 0.443 e. The summed E-state index contributed by atoms with van der Waals surface area (Å²) in [6.45, 7) is 2.57. The fourth-order valence-corrected chi connectivity index (χ4v) is 3.70.